The van der Waals surface area contributed by atoms with Gasteiger partial charge in [0.25, 0.3) is 0 Å². The molecular formula is C42H28N4. The SMILES string of the molecule is c1ccc(-c2ccc(-c3nc(-c4cccc(-c5nccc6ccccc56)c4)nc(-c4ccccc4-c4ccccc4)n3)cc2)cc1. The molecule has 4 heteroatoms. The minimum absolute atomic E-state index is 0.608. The van der Waals surface area contributed by atoms with E-state index in [1.165, 1.54) is 5.56 Å². The van der Waals surface area contributed by atoms with Gasteiger partial charge < -0.3 is 0 Å². The zero-order chi connectivity index (χ0) is 30.7. The molecular weight excluding hydrogens is 560 g/mol. The molecule has 2 aromatic heterocycles. The van der Waals surface area contributed by atoms with Gasteiger partial charge >= 0.3 is 0 Å². The Kier molecular flexibility index (Phi) is 7.14. The molecule has 0 aliphatic carbocycles. The van der Waals surface area contributed by atoms with Gasteiger partial charge in [-0.05, 0) is 39.8 Å². The van der Waals surface area contributed by atoms with Crippen LogP contribution >= 0.6 is 0 Å². The molecule has 0 aliphatic rings. The Bertz CT molecular complexity index is 2290. The van der Waals surface area contributed by atoms with Gasteiger partial charge in [0.15, 0.2) is 17.5 Å². The number of pyridine rings is 1. The van der Waals surface area contributed by atoms with Gasteiger partial charge in [-0.15, -0.1) is 0 Å². The Balaban J connectivity index is 1.29. The molecule has 8 rings (SSSR count). The summed E-state index contributed by atoms with van der Waals surface area (Å²) >= 11 is 0. The highest BCUT2D eigenvalue weighted by Crippen LogP contribution is 2.34. The van der Waals surface area contributed by atoms with Crippen LogP contribution in [0, 0.1) is 0 Å². The second-order valence-electron chi connectivity index (χ2n) is 11.1. The summed E-state index contributed by atoms with van der Waals surface area (Å²) in [7, 11) is 0. The molecule has 0 bridgehead atoms. The van der Waals surface area contributed by atoms with E-state index in [2.05, 4.69) is 133 Å². The van der Waals surface area contributed by atoms with E-state index < -0.39 is 0 Å². The molecule has 4 nitrogen and oxygen atoms in total. The third-order valence-electron chi connectivity index (χ3n) is 8.21. The van der Waals surface area contributed by atoms with Crippen LogP contribution in [0.3, 0.4) is 0 Å². The summed E-state index contributed by atoms with van der Waals surface area (Å²) in [5.74, 6) is 1.86. The number of rotatable bonds is 6. The van der Waals surface area contributed by atoms with Gasteiger partial charge in [-0.3, -0.25) is 4.98 Å². The fourth-order valence-electron chi connectivity index (χ4n) is 5.90. The molecule has 0 unspecified atom stereocenters. The highest BCUT2D eigenvalue weighted by Gasteiger charge is 2.16. The number of aromatic nitrogens is 4. The van der Waals surface area contributed by atoms with E-state index in [1.807, 2.05) is 36.5 Å². The maximum atomic E-state index is 5.11. The maximum absolute atomic E-state index is 5.11. The lowest BCUT2D eigenvalue weighted by molar-refractivity contribution is 1.07. The van der Waals surface area contributed by atoms with E-state index in [1.54, 1.807) is 0 Å². The molecule has 0 fully saturated rings. The molecule has 0 saturated heterocycles. The summed E-state index contributed by atoms with van der Waals surface area (Å²) in [5.41, 5.74) is 9.20. The molecule has 46 heavy (non-hydrogen) atoms. The van der Waals surface area contributed by atoms with Crippen LogP contribution in [0.4, 0.5) is 0 Å². The summed E-state index contributed by atoms with van der Waals surface area (Å²) < 4.78 is 0. The van der Waals surface area contributed by atoms with Crippen LogP contribution in [0.15, 0.2) is 170 Å². The van der Waals surface area contributed by atoms with Crippen LogP contribution in [0.5, 0.6) is 0 Å². The highest BCUT2D eigenvalue weighted by molar-refractivity contribution is 5.95. The van der Waals surface area contributed by atoms with Crippen LogP contribution in [0.25, 0.3) is 78.4 Å². The minimum atomic E-state index is 0.608. The second kappa shape index (κ2) is 12.0. The topological polar surface area (TPSA) is 51.6 Å². The lowest BCUT2D eigenvalue weighted by Crippen LogP contribution is -2.01. The summed E-state index contributed by atoms with van der Waals surface area (Å²) in [6, 6.07) is 56.1. The second-order valence-corrected chi connectivity index (χ2v) is 11.1. The monoisotopic (exact) mass is 588 g/mol. The molecule has 0 radical (unpaired) electrons. The van der Waals surface area contributed by atoms with Crippen molar-refractivity contribution in [1.29, 1.82) is 0 Å². The lowest BCUT2D eigenvalue weighted by Gasteiger charge is -2.13. The van der Waals surface area contributed by atoms with Crippen molar-refractivity contribution in [2.75, 3.05) is 0 Å². The van der Waals surface area contributed by atoms with Crippen molar-refractivity contribution in [2.45, 2.75) is 0 Å². The average molecular weight is 589 g/mol. The van der Waals surface area contributed by atoms with E-state index >= 15 is 0 Å². The fraction of sp³-hybridized carbons (Fsp3) is 0. The largest absolute Gasteiger partial charge is 0.256 e. The first-order valence-corrected chi connectivity index (χ1v) is 15.3. The molecule has 0 aliphatic heterocycles. The number of fused-ring (bicyclic) bond motifs is 1. The Hall–Kier alpha value is -6.26. The van der Waals surface area contributed by atoms with E-state index in [-0.39, 0.29) is 0 Å². The molecule has 8 aromatic rings. The Morgan fingerprint density at radius 3 is 1.65 bits per heavy atom. The summed E-state index contributed by atoms with van der Waals surface area (Å²) in [4.78, 5) is 20.0. The van der Waals surface area contributed by atoms with Crippen LogP contribution in [0.2, 0.25) is 0 Å². The first-order valence-electron chi connectivity index (χ1n) is 15.3. The molecule has 0 spiro atoms. The average Bonchev–Trinajstić information content (AvgIpc) is 3.15. The molecule has 2 heterocycles. The molecule has 0 N–H and O–H groups in total. The zero-order valence-electron chi connectivity index (χ0n) is 25.0. The number of nitrogens with zero attached hydrogens (tertiary/aromatic N) is 4. The Morgan fingerprint density at radius 2 is 0.870 bits per heavy atom. The van der Waals surface area contributed by atoms with Gasteiger partial charge in [0, 0.05) is 33.8 Å². The van der Waals surface area contributed by atoms with Gasteiger partial charge in [0.1, 0.15) is 0 Å². The predicted molar refractivity (Wildman–Crippen MR) is 188 cm³/mol. The van der Waals surface area contributed by atoms with Crippen LogP contribution in [-0.2, 0) is 0 Å². The van der Waals surface area contributed by atoms with Crippen molar-refractivity contribution >= 4 is 10.8 Å². The lowest BCUT2D eigenvalue weighted by atomic mass is 9.99. The van der Waals surface area contributed by atoms with Crippen molar-refractivity contribution in [1.82, 2.24) is 19.9 Å². The number of benzene rings is 6. The van der Waals surface area contributed by atoms with Gasteiger partial charge in [-0.25, -0.2) is 15.0 Å². The van der Waals surface area contributed by atoms with E-state index in [0.717, 1.165) is 55.4 Å². The van der Waals surface area contributed by atoms with Crippen molar-refractivity contribution in [2.24, 2.45) is 0 Å². The van der Waals surface area contributed by atoms with Crippen LogP contribution < -0.4 is 0 Å². The first-order chi connectivity index (χ1) is 22.8. The molecule has 0 atom stereocenters. The smallest absolute Gasteiger partial charge is 0.164 e. The Labute approximate surface area is 267 Å². The number of hydrogen-bond donors (Lipinski definition) is 0. The molecule has 0 saturated carbocycles. The molecule has 6 aromatic carbocycles. The molecule has 0 amide bonds. The van der Waals surface area contributed by atoms with E-state index in [4.69, 9.17) is 19.9 Å². The number of hydrogen-bond acceptors (Lipinski definition) is 4. The fourth-order valence-corrected chi connectivity index (χ4v) is 5.90. The van der Waals surface area contributed by atoms with Crippen molar-refractivity contribution < 1.29 is 0 Å². The van der Waals surface area contributed by atoms with Crippen molar-refractivity contribution in [3.63, 3.8) is 0 Å². The van der Waals surface area contributed by atoms with E-state index in [9.17, 15) is 0 Å². The summed E-state index contributed by atoms with van der Waals surface area (Å²) in [5, 5.41) is 2.26. The van der Waals surface area contributed by atoms with Gasteiger partial charge in [0.05, 0.1) is 5.69 Å². The minimum Gasteiger partial charge on any atom is -0.256 e. The third kappa shape index (κ3) is 5.33. The van der Waals surface area contributed by atoms with Crippen molar-refractivity contribution in [3.8, 4) is 67.7 Å². The van der Waals surface area contributed by atoms with Crippen LogP contribution in [-0.4, -0.2) is 19.9 Å². The normalized spacial score (nSPS) is 11.0. The zero-order valence-corrected chi connectivity index (χ0v) is 25.0. The first kappa shape index (κ1) is 27.3. The van der Waals surface area contributed by atoms with Crippen LogP contribution in [0.1, 0.15) is 0 Å². The Morgan fingerprint density at radius 1 is 0.326 bits per heavy atom. The standard InChI is InChI=1S/C42H28N4/c1-3-12-29(13-4-1)30-22-24-33(25-23-30)40-44-41(46-42(45-40)38-21-10-9-19-36(38)31-14-5-2-6-15-31)35-18-11-17-34(28-35)39-37-20-8-7-16-32(37)26-27-43-39/h1-28H. The summed E-state index contributed by atoms with van der Waals surface area (Å²) in [6.07, 6.45) is 1.86. The van der Waals surface area contributed by atoms with Crippen molar-refractivity contribution in [3.05, 3.63) is 170 Å². The van der Waals surface area contributed by atoms with Gasteiger partial charge in [-0.1, -0.05) is 152 Å². The maximum Gasteiger partial charge on any atom is 0.164 e. The van der Waals surface area contributed by atoms with Gasteiger partial charge in [-0.2, -0.15) is 0 Å². The van der Waals surface area contributed by atoms with E-state index in [0.29, 0.717) is 17.5 Å². The third-order valence-corrected chi connectivity index (χ3v) is 8.21. The highest BCUT2D eigenvalue weighted by atomic mass is 15.0. The van der Waals surface area contributed by atoms with Gasteiger partial charge in [0.2, 0.25) is 0 Å². The summed E-state index contributed by atoms with van der Waals surface area (Å²) in [6.45, 7) is 0. The predicted octanol–water partition coefficient (Wildman–Crippen LogP) is 10.4. The quantitative estimate of drug-likeness (QED) is 0.194. The molecule has 216 valence electrons.